The van der Waals surface area contributed by atoms with E-state index in [-0.39, 0.29) is 6.42 Å². The molecule has 10 heteroatoms. The van der Waals surface area contributed by atoms with Gasteiger partial charge < -0.3 is 18.8 Å². The summed E-state index contributed by atoms with van der Waals surface area (Å²) in [5, 5.41) is -0.980. The third-order valence-electron chi connectivity index (χ3n) is 4.35. The summed E-state index contributed by atoms with van der Waals surface area (Å²) < 4.78 is 52.9. The van der Waals surface area contributed by atoms with E-state index in [1.54, 1.807) is 24.3 Å². The Bertz CT molecular complexity index is 975. The van der Waals surface area contributed by atoms with Gasteiger partial charge in [-0.25, -0.2) is 0 Å². The predicted molar refractivity (Wildman–Crippen MR) is 110 cm³/mol. The summed E-state index contributed by atoms with van der Waals surface area (Å²) in [4.78, 5) is 17.6. The van der Waals surface area contributed by atoms with Gasteiger partial charge in [-0.3, -0.25) is 4.79 Å². The van der Waals surface area contributed by atoms with Crippen LogP contribution in [0, 0.1) is 0 Å². The molecule has 0 N–H and O–H groups in total. The molecule has 31 heavy (non-hydrogen) atoms. The highest BCUT2D eigenvalue weighted by Gasteiger charge is 2.31. The van der Waals surface area contributed by atoms with Crippen LogP contribution in [0.1, 0.15) is 5.56 Å². The smallest absolute Gasteiger partial charge is 0.411 e. The zero-order valence-electron chi connectivity index (χ0n) is 16.6. The van der Waals surface area contributed by atoms with Crippen LogP contribution in [-0.4, -0.2) is 49.3 Å². The van der Waals surface area contributed by atoms with E-state index in [1.807, 2.05) is 36.2 Å². The van der Waals surface area contributed by atoms with Crippen molar-refractivity contribution in [2.24, 2.45) is 0 Å². The van der Waals surface area contributed by atoms with E-state index < -0.39 is 24.1 Å². The van der Waals surface area contributed by atoms with Crippen LogP contribution in [0.4, 0.5) is 19.2 Å². The number of para-hydroxylation sites is 2. The number of nitrogens with zero attached hydrogens (tertiary/aromatic N) is 2. The van der Waals surface area contributed by atoms with E-state index in [1.165, 1.54) is 0 Å². The molecule has 0 aliphatic rings. The van der Waals surface area contributed by atoms with Gasteiger partial charge in [0, 0.05) is 13.5 Å². The number of aromatic nitrogens is 1. The van der Waals surface area contributed by atoms with Gasteiger partial charge in [-0.1, -0.05) is 24.3 Å². The van der Waals surface area contributed by atoms with Crippen LogP contribution >= 0.6 is 11.6 Å². The van der Waals surface area contributed by atoms with E-state index in [9.17, 15) is 18.0 Å². The van der Waals surface area contributed by atoms with Crippen molar-refractivity contribution in [2.45, 2.75) is 18.7 Å². The number of carbonyl (C=O) groups excluding carboxylic acids is 1. The van der Waals surface area contributed by atoms with Gasteiger partial charge in [0.1, 0.15) is 30.6 Å². The average molecular weight is 457 g/mol. The summed E-state index contributed by atoms with van der Waals surface area (Å²) in [6, 6.07) is 14.6. The topological polar surface area (TPSA) is 64.8 Å². The van der Waals surface area contributed by atoms with E-state index >= 15 is 0 Å². The molecule has 1 atom stereocenters. The first kappa shape index (κ1) is 22.9. The highest BCUT2D eigenvalue weighted by atomic mass is 35.5. The highest BCUT2D eigenvalue weighted by molar-refractivity contribution is 6.64. The Morgan fingerprint density at radius 2 is 1.90 bits per heavy atom. The summed E-state index contributed by atoms with van der Waals surface area (Å²) in [5.74, 6) is 0.569. The number of rotatable bonds is 10. The van der Waals surface area contributed by atoms with Gasteiger partial charge in [-0.2, -0.15) is 18.2 Å². The lowest BCUT2D eigenvalue weighted by molar-refractivity contribution is -0.185. The van der Waals surface area contributed by atoms with Crippen molar-refractivity contribution < 1.29 is 31.9 Å². The van der Waals surface area contributed by atoms with Gasteiger partial charge in [0.05, 0.1) is 6.54 Å². The molecular weight excluding hydrogens is 437 g/mol. The Morgan fingerprint density at radius 3 is 2.55 bits per heavy atom. The zero-order chi connectivity index (χ0) is 22.4. The van der Waals surface area contributed by atoms with E-state index in [0.29, 0.717) is 36.1 Å². The lowest BCUT2D eigenvalue weighted by atomic mass is 10.1. The second-order valence-electron chi connectivity index (χ2n) is 6.80. The summed E-state index contributed by atoms with van der Waals surface area (Å²) in [7, 11) is 1.83. The molecule has 0 radical (unpaired) electrons. The minimum absolute atomic E-state index is 0.0703. The maximum atomic E-state index is 12.3. The lowest BCUT2D eigenvalue weighted by Gasteiger charge is -2.16. The van der Waals surface area contributed by atoms with Crippen LogP contribution in [0.25, 0.3) is 11.1 Å². The number of anilines is 1. The Labute approximate surface area is 181 Å². The molecule has 6 nitrogen and oxygen atoms in total. The highest BCUT2D eigenvalue weighted by Crippen LogP contribution is 2.21. The maximum absolute atomic E-state index is 12.3. The molecule has 0 saturated carbocycles. The van der Waals surface area contributed by atoms with E-state index in [4.69, 9.17) is 20.8 Å². The first-order valence-corrected chi connectivity index (χ1v) is 9.75. The maximum Gasteiger partial charge on any atom is 0.411 e. The molecular formula is C21H20ClF3N2O4. The molecule has 0 fully saturated rings. The Hall–Kier alpha value is -2.78. The molecule has 0 saturated heterocycles. The molecule has 0 amide bonds. The van der Waals surface area contributed by atoms with Crippen LogP contribution in [0.15, 0.2) is 52.9 Å². The minimum Gasteiger partial charge on any atom is -0.492 e. The first-order valence-electron chi connectivity index (χ1n) is 9.37. The molecule has 3 rings (SSSR count). The van der Waals surface area contributed by atoms with Crippen molar-refractivity contribution in [1.29, 1.82) is 0 Å². The van der Waals surface area contributed by atoms with Crippen molar-refractivity contribution in [2.75, 3.05) is 31.7 Å². The molecule has 1 aromatic heterocycles. The molecule has 0 aliphatic carbocycles. The number of hydrogen-bond acceptors (Lipinski definition) is 6. The summed E-state index contributed by atoms with van der Waals surface area (Å²) in [6.07, 6.45) is -5.98. The van der Waals surface area contributed by atoms with Gasteiger partial charge in [-0.15, -0.1) is 0 Å². The second-order valence-corrected chi connectivity index (χ2v) is 7.17. The van der Waals surface area contributed by atoms with Crippen molar-refractivity contribution in [3.8, 4) is 5.75 Å². The SMILES string of the molecule is CN(CCOc1ccc(CC(OCC(F)(F)F)C(=O)Cl)cc1)c1nc2ccccc2o1. The fourth-order valence-electron chi connectivity index (χ4n) is 2.75. The lowest BCUT2D eigenvalue weighted by Crippen LogP contribution is -2.29. The second kappa shape index (κ2) is 10.0. The number of ether oxygens (including phenoxy) is 2. The van der Waals surface area contributed by atoms with Crippen molar-refractivity contribution >= 4 is 34.0 Å². The number of carbonyl (C=O) groups is 1. The standard InChI is InChI=1S/C21H20ClF3N2O4/c1-27(20-26-16-4-2-3-5-17(16)31-20)10-11-29-15-8-6-14(7-9-15)12-18(19(22)28)30-13-21(23,24)25/h2-9,18H,10-13H2,1H3. The average Bonchev–Trinajstić information content (AvgIpc) is 3.15. The van der Waals surface area contributed by atoms with Crippen LogP contribution in [-0.2, 0) is 16.0 Å². The summed E-state index contributed by atoms with van der Waals surface area (Å²) in [6.45, 7) is -0.667. The molecule has 3 aromatic rings. The largest absolute Gasteiger partial charge is 0.492 e. The molecule has 1 unspecified atom stereocenters. The predicted octanol–water partition coefficient (Wildman–Crippen LogP) is 4.60. The fraction of sp³-hybridized carbons (Fsp3) is 0.333. The van der Waals surface area contributed by atoms with Crippen LogP contribution in [0.5, 0.6) is 5.75 Å². The first-order chi connectivity index (χ1) is 14.7. The molecule has 0 aliphatic heterocycles. The van der Waals surface area contributed by atoms with Gasteiger partial charge in [0.25, 0.3) is 11.3 Å². The van der Waals surface area contributed by atoms with Gasteiger partial charge in [0.2, 0.25) is 0 Å². The number of fused-ring (bicyclic) bond motifs is 1. The van der Waals surface area contributed by atoms with Gasteiger partial charge in [-0.05, 0) is 41.4 Å². The van der Waals surface area contributed by atoms with Crippen LogP contribution in [0.3, 0.4) is 0 Å². The third kappa shape index (κ3) is 6.86. The number of oxazole rings is 1. The Balaban J connectivity index is 1.49. The minimum atomic E-state index is -4.53. The molecule has 2 aromatic carbocycles. The van der Waals surface area contributed by atoms with Crippen molar-refractivity contribution in [3.63, 3.8) is 0 Å². The summed E-state index contributed by atoms with van der Waals surface area (Å²) in [5.41, 5.74) is 2.07. The molecule has 0 bridgehead atoms. The third-order valence-corrected chi connectivity index (χ3v) is 4.59. The number of alkyl halides is 3. The normalized spacial score (nSPS) is 12.7. The molecule has 1 heterocycles. The quantitative estimate of drug-likeness (QED) is 0.415. The van der Waals surface area contributed by atoms with E-state index in [2.05, 4.69) is 9.72 Å². The Morgan fingerprint density at radius 1 is 1.19 bits per heavy atom. The zero-order valence-corrected chi connectivity index (χ0v) is 17.3. The molecule has 166 valence electrons. The fourth-order valence-corrected chi connectivity index (χ4v) is 2.90. The van der Waals surface area contributed by atoms with Gasteiger partial charge >= 0.3 is 6.18 Å². The number of likely N-dealkylation sites (N-methyl/N-ethyl adjacent to an activating group) is 1. The number of hydrogen-bond donors (Lipinski definition) is 0. The Kier molecular flexibility index (Phi) is 7.40. The monoisotopic (exact) mass is 456 g/mol. The summed E-state index contributed by atoms with van der Waals surface area (Å²) >= 11 is 5.35. The van der Waals surface area contributed by atoms with Crippen LogP contribution in [0.2, 0.25) is 0 Å². The molecule has 0 spiro atoms. The van der Waals surface area contributed by atoms with E-state index in [0.717, 1.165) is 5.52 Å². The van der Waals surface area contributed by atoms with Crippen LogP contribution < -0.4 is 9.64 Å². The number of benzene rings is 2. The van der Waals surface area contributed by atoms with Crippen molar-refractivity contribution in [1.82, 2.24) is 4.98 Å². The van der Waals surface area contributed by atoms with Gasteiger partial charge in [0.15, 0.2) is 5.58 Å². The van der Waals surface area contributed by atoms with Crippen molar-refractivity contribution in [3.05, 3.63) is 54.1 Å². The number of halogens is 4.